The van der Waals surface area contributed by atoms with Crippen molar-refractivity contribution in [2.75, 3.05) is 5.32 Å². The maximum atomic E-state index is 13.4. The van der Waals surface area contributed by atoms with Crippen LogP contribution >= 0.6 is 0 Å². The number of carbonyl (C=O) groups is 1. The number of halogens is 1. The number of carbonyl (C=O) groups excluding carboxylic acids is 1. The molecule has 3 rings (SSSR count). The highest BCUT2D eigenvalue weighted by molar-refractivity contribution is 6.05. The number of benzene rings is 1. The zero-order chi connectivity index (χ0) is 13.2. The Labute approximate surface area is 107 Å². The molecule has 0 aliphatic heterocycles. The van der Waals surface area contributed by atoms with Crippen LogP contribution in [0.5, 0.6) is 0 Å². The summed E-state index contributed by atoms with van der Waals surface area (Å²) in [7, 11) is 0. The molecule has 0 radical (unpaired) electrons. The molecule has 94 valence electrons. The van der Waals surface area contributed by atoms with Crippen LogP contribution in [-0.2, 0) is 0 Å². The minimum absolute atomic E-state index is 0.0882. The lowest BCUT2D eigenvalue weighted by Gasteiger charge is -2.05. The maximum Gasteiger partial charge on any atom is 0.260 e. The van der Waals surface area contributed by atoms with Crippen LogP contribution in [0.1, 0.15) is 10.4 Å². The number of fused-ring (bicyclic) bond motifs is 1. The first-order valence-electron chi connectivity index (χ1n) is 5.59. The summed E-state index contributed by atoms with van der Waals surface area (Å²) >= 11 is 0. The SMILES string of the molecule is O=C(Nc1ccc2[nH]ncc2c1)c1cccnc1F. The third kappa shape index (κ3) is 2.15. The van der Waals surface area contributed by atoms with Gasteiger partial charge in [0.15, 0.2) is 0 Å². The van der Waals surface area contributed by atoms with Gasteiger partial charge in [0.25, 0.3) is 5.91 Å². The van der Waals surface area contributed by atoms with E-state index in [-0.39, 0.29) is 5.56 Å². The molecule has 0 saturated carbocycles. The van der Waals surface area contributed by atoms with Gasteiger partial charge in [0.2, 0.25) is 5.95 Å². The van der Waals surface area contributed by atoms with E-state index in [1.165, 1.54) is 18.3 Å². The molecule has 19 heavy (non-hydrogen) atoms. The van der Waals surface area contributed by atoms with Gasteiger partial charge in [-0.05, 0) is 30.3 Å². The topological polar surface area (TPSA) is 70.7 Å². The Bertz CT molecular complexity index is 753. The second kappa shape index (κ2) is 4.49. The lowest BCUT2D eigenvalue weighted by atomic mass is 10.2. The predicted molar refractivity (Wildman–Crippen MR) is 68.2 cm³/mol. The Kier molecular flexibility index (Phi) is 2.68. The highest BCUT2D eigenvalue weighted by atomic mass is 19.1. The van der Waals surface area contributed by atoms with Crippen LogP contribution in [0.25, 0.3) is 10.9 Å². The number of H-pyrrole nitrogens is 1. The normalized spacial score (nSPS) is 10.6. The molecule has 0 fully saturated rings. The van der Waals surface area contributed by atoms with Crippen molar-refractivity contribution in [3.05, 3.63) is 54.2 Å². The monoisotopic (exact) mass is 256 g/mol. The number of hydrogen-bond acceptors (Lipinski definition) is 3. The number of aromatic amines is 1. The van der Waals surface area contributed by atoms with Crippen LogP contribution in [0, 0.1) is 5.95 Å². The molecule has 1 aromatic carbocycles. The number of pyridine rings is 1. The van der Waals surface area contributed by atoms with Crippen molar-refractivity contribution in [1.29, 1.82) is 0 Å². The van der Waals surface area contributed by atoms with Gasteiger partial charge < -0.3 is 5.32 Å². The fourth-order valence-corrected chi connectivity index (χ4v) is 1.77. The molecule has 0 aliphatic rings. The third-order valence-electron chi connectivity index (χ3n) is 2.70. The molecule has 5 nitrogen and oxygen atoms in total. The predicted octanol–water partition coefficient (Wildman–Crippen LogP) is 2.35. The molecular formula is C13H9FN4O. The summed E-state index contributed by atoms with van der Waals surface area (Å²) < 4.78 is 13.4. The summed E-state index contributed by atoms with van der Waals surface area (Å²) in [6.45, 7) is 0. The summed E-state index contributed by atoms with van der Waals surface area (Å²) in [5, 5.41) is 10.2. The number of hydrogen-bond donors (Lipinski definition) is 2. The van der Waals surface area contributed by atoms with Gasteiger partial charge in [0.1, 0.15) is 0 Å². The molecule has 2 aromatic heterocycles. The second-order valence-electron chi connectivity index (χ2n) is 3.97. The van der Waals surface area contributed by atoms with Gasteiger partial charge in [-0.2, -0.15) is 9.49 Å². The molecule has 0 spiro atoms. The molecule has 6 heteroatoms. The molecule has 1 amide bonds. The van der Waals surface area contributed by atoms with Crippen molar-refractivity contribution in [3.63, 3.8) is 0 Å². The van der Waals surface area contributed by atoms with E-state index in [1.54, 1.807) is 24.4 Å². The van der Waals surface area contributed by atoms with Crippen molar-refractivity contribution in [3.8, 4) is 0 Å². The first-order valence-corrected chi connectivity index (χ1v) is 5.59. The van der Waals surface area contributed by atoms with Crippen molar-refractivity contribution in [1.82, 2.24) is 15.2 Å². The Balaban J connectivity index is 1.88. The van der Waals surface area contributed by atoms with Crippen LogP contribution in [0.15, 0.2) is 42.7 Å². The van der Waals surface area contributed by atoms with Crippen LogP contribution in [0.3, 0.4) is 0 Å². The smallest absolute Gasteiger partial charge is 0.260 e. The number of nitrogens with zero attached hydrogens (tertiary/aromatic N) is 2. The Morgan fingerprint density at radius 3 is 3.05 bits per heavy atom. The fourth-order valence-electron chi connectivity index (χ4n) is 1.77. The minimum atomic E-state index is -0.788. The number of nitrogens with one attached hydrogen (secondary N) is 2. The number of aromatic nitrogens is 3. The van der Waals surface area contributed by atoms with Crippen molar-refractivity contribution >= 4 is 22.5 Å². The third-order valence-corrected chi connectivity index (χ3v) is 2.70. The van der Waals surface area contributed by atoms with E-state index in [2.05, 4.69) is 20.5 Å². The summed E-state index contributed by atoms with van der Waals surface area (Å²) in [5.74, 6) is -1.32. The summed E-state index contributed by atoms with van der Waals surface area (Å²) in [5.41, 5.74) is 1.35. The summed E-state index contributed by atoms with van der Waals surface area (Å²) in [4.78, 5) is 15.3. The molecule has 0 saturated heterocycles. The van der Waals surface area contributed by atoms with Crippen molar-refractivity contribution in [2.24, 2.45) is 0 Å². The zero-order valence-corrected chi connectivity index (χ0v) is 9.72. The fraction of sp³-hybridized carbons (Fsp3) is 0. The zero-order valence-electron chi connectivity index (χ0n) is 9.72. The highest BCUT2D eigenvalue weighted by Gasteiger charge is 2.12. The van der Waals surface area contributed by atoms with E-state index in [1.807, 2.05) is 0 Å². The van der Waals surface area contributed by atoms with E-state index < -0.39 is 11.9 Å². The van der Waals surface area contributed by atoms with E-state index in [4.69, 9.17) is 0 Å². The lowest BCUT2D eigenvalue weighted by molar-refractivity contribution is 0.102. The van der Waals surface area contributed by atoms with Crippen molar-refractivity contribution in [2.45, 2.75) is 0 Å². The standard InChI is InChI=1S/C13H9FN4O/c14-12-10(2-1-5-15-12)13(19)17-9-3-4-11-8(6-9)7-16-18-11/h1-7H,(H,16,18)(H,17,19). The number of rotatable bonds is 2. The van der Waals surface area contributed by atoms with Gasteiger partial charge in [-0.1, -0.05) is 0 Å². The molecular weight excluding hydrogens is 247 g/mol. The van der Waals surface area contributed by atoms with Gasteiger partial charge in [-0.3, -0.25) is 9.89 Å². The number of anilines is 1. The molecule has 2 N–H and O–H groups in total. The summed E-state index contributed by atoms with van der Waals surface area (Å²) in [6, 6.07) is 8.15. The Morgan fingerprint density at radius 1 is 1.32 bits per heavy atom. The number of amides is 1. The Morgan fingerprint density at radius 2 is 2.21 bits per heavy atom. The van der Waals surface area contributed by atoms with E-state index in [0.717, 1.165) is 10.9 Å². The van der Waals surface area contributed by atoms with Gasteiger partial charge in [0, 0.05) is 17.3 Å². The lowest BCUT2D eigenvalue weighted by Crippen LogP contribution is -2.14. The van der Waals surface area contributed by atoms with Gasteiger partial charge in [-0.15, -0.1) is 0 Å². The van der Waals surface area contributed by atoms with Crippen LogP contribution < -0.4 is 5.32 Å². The van der Waals surface area contributed by atoms with Crippen molar-refractivity contribution < 1.29 is 9.18 Å². The molecule has 0 atom stereocenters. The molecule has 0 unspecified atom stereocenters. The molecule has 0 bridgehead atoms. The first kappa shape index (κ1) is 11.3. The van der Waals surface area contributed by atoms with Gasteiger partial charge in [0.05, 0.1) is 17.3 Å². The summed E-state index contributed by atoms with van der Waals surface area (Å²) in [6.07, 6.45) is 2.94. The van der Waals surface area contributed by atoms with Crippen LogP contribution in [-0.4, -0.2) is 21.1 Å². The Hall–Kier alpha value is -2.76. The minimum Gasteiger partial charge on any atom is -0.322 e. The van der Waals surface area contributed by atoms with E-state index >= 15 is 0 Å². The van der Waals surface area contributed by atoms with E-state index in [0.29, 0.717) is 5.69 Å². The van der Waals surface area contributed by atoms with Gasteiger partial charge >= 0.3 is 0 Å². The highest BCUT2D eigenvalue weighted by Crippen LogP contribution is 2.17. The average Bonchev–Trinajstić information content (AvgIpc) is 2.86. The molecule has 0 aliphatic carbocycles. The van der Waals surface area contributed by atoms with Crippen LogP contribution in [0.2, 0.25) is 0 Å². The maximum absolute atomic E-state index is 13.4. The quantitative estimate of drug-likeness (QED) is 0.691. The second-order valence-corrected chi connectivity index (χ2v) is 3.97. The van der Waals surface area contributed by atoms with Crippen LogP contribution in [0.4, 0.5) is 10.1 Å². The van der Waals surface area contributed by atoms with E-state index in [9.17, 15) is 9.18 Å². The first-order chi connectivity index (χ1) is 9.24. The molecule has 2 heterocycles. The average molecular weight is 256 g/mol. The van der Waals surface area contributed by atoms with Gasteiger partial charge in [-0.25, -0.2) is 4.98 Å². The molecule has 3 aromatic rings. The largest absolute Gasteiger partial charge is 0.322 e.